The predicted molar refractivity (Wildman–Crippen MR) is 79.2 cm³/mol. The molecule has 1 amide bonds. The number of carbonyl (C=O) groups excluding carboxylic acids is 1. The topological polar surface area (TPSA) is 104 Å². The highest BCUT2D eigenvalue weighted by Crippen LogP contribution is 2.17. The smallest absolute Gasteiger partial charge is 0.325 e. The van der Waals surface area contributed by atoms with Crippen molar-refractivity contribution in [2.75, 3.05) is 13.6 Å². The first-order chi connectivity index (χ1) is 9.64. The van der Waals surface area contributed by atoms with Crippen molar-refractivity contribution < 1.29 is 23.1 Å². The van der Waals surface area contributed by atoms with Crippen molar-refractivity contribution in [1.29, 1.82) is 0 Å². The Morgan fingerprint density at radius 3 is 2.33 bits per heavy atom. The van der Waals surface area contributed by atoms with E-state index in [1.807, 2.05) is 0 Å². The molecule has 0 aliphatic heterocycles. The Kier molecular flexibility index (Phi) is 5.87. The third kappa shape index (κ3) is 4.80. The van der Waals surface area contributed by atoms with Crippen LogP contribution in [0.2, 0.25) is 0 Å². The third-order valence-corrected chi connectivity index (χ3v) is 4.98. The molecule has 0 aliphatic carbocycles. The van der Waals surface area contributed by atoms with Crippen molar-refractivity contribution in [2.24, 2.45) is 0 Å². The Labute approximate surface area is 131 Å². The summed E-state index contributed by atoms with van der Waals surface area (Å²) in [6.45, 7) is 0.833. The van der Waals surface area contributed by atoms with Gasteiger partial charge in [0.1, 0.15) is 6.04 Å². The number of carbonyl (C=O) groups is 2. The molecule has 0 fully saturated rings. The molecule has 0 aromatic heterocycles. The largest absolute Gasteiger partial charge is 0.480 e. The van der Waals surface area contributed by atoms with Crippen LogP contribution in [0.25, 0.3) is 0 Å². The summed E-state index contributed by atoms with van der Waals surface area (Å²) < 4.78 is 26.0. The second-order valence-corrected chi connectivity index (χ2v) is 7.30. The molecular weight excluding hydrogens is 364 g/mol. The fraction of sp³-hybridized carbons (Fsp3) is 0.333. The molecule has 0 heterocycles. The molecule has 9 heteroatoms. The Morgan fingerprint density at radius 2 is 1.86 bits per heavy atom. The van der Waals surface area contributed by atoms with Crippen LogP contribution < -0.4 is 5.32 Å². The van der Waals surface area contributed by atoms with Crippen LogP contribution in [-0.2, 0) is 19.6 Å². The van der Waals surface area contributed by atoms with Crippen molar-refractivity contribution in [2.45, 2.75) is 17.9 Å². The zero-order valence-corrected chi connectivity index (χ0v) is 13.8. The molecule has 0 saturated heterocycles. The van der Waals surface area contributed by atoms with Crippen molar-refractivity contribution >= 4 is 37.8 Å². The molecule has 1 rings (SSSR count). The molecule has 0 saturated carbocycles. The minimum absolute atomic E-state index is 0.0484. The molecule has 2 N–H and O–H groups in total. The highest BCUT2D eigenvalue weighted by atomic mass is 79.9. The summed E-state index contributed by atoms with van der Waals surface area (Å²) in [5.41, 5.74) is 0. The van der Waals surface area contributed by atoms with Gasteiger partial charge in [-0.1, -0.05) is 15.9 Å². The lowest BCUT2D eigenvalue weighted by Crippen LogP contribution is -2.44. The highest BCUT2D eigenvalue weighted by Gasteiger charge is 2.24. The monoisotopic (exact) mass is 378 g/mol. The lowest BCUT2D eigenvalue weighted by Gasteiger charge is -2.18. The number of carboxylic acids is 1. The molecular formula is C12H15BrN2O5S. The predicted octanol–water partition coefficient (Wildman–Crippen LogP) is 0.659. The minimum Gasteiger partial charge on any atom is -0.480 e. The lowest BCUT2D eigenvalue weighted by molar-refractivity contribution is -0.141. The standard InChI is InChI=1S/C12H15BrN2O5S/c1-8(12(17)18)14-11(16)7-15(2)21(19,20)10-5-3-9(13)4-6-10/h3-6,8H,7H2,1-2H3,(H,14,16)(H,17,18)/t8-/m1/s1. The molecule has 0 unspecified atom stereocenters. The molecule has 21 heavy (non-hydrogen) atoms. The molecule has 1 aromatic rings. The minimum atomic E-state index is -3.80. The second kappa shape index (κ2) is 7.01. The van der Waals surface area contributed by atoms with Crippen molar-refractivity contribution in [1.82, 2.24) is 9.62 Å². The van der Waals surface area contributed by atoms with E-state index in [-0.39, 0.29) is 4.90 Å². The molecule has 1 atom stereocenters. The van der Waals surface area contributed by atoms with Crippen molar-refractivity contribution in [3.05, 3.63) is 28.7 Å². The van der Waals surface area contributed by atoms with E-state index in [1.54, 1.807) is 12.1 Å². The maximum Gasteiger partial charge on any atom is 0.325 e. The van der Waals surface area contributed by atoms with Gasteiger partial charge in [-0.25, -0.2) is 8.42 Å². The van der Waals surface area contributed by atoms with Crippen molar-refractivity contribution in [3.63, 3.8) is 0 Å². The van der Waals surface area contributed by atoms with Gasteiger partial charge < -0.3 is 10.4 Å². The van der Waals surface area contributed by atoms with Crippen LogP contribution in [0.1, 0.15) is 6.92 Å². The normalized spacial score (nSPS) is 13.0. The summed E-state index contributed by atoms with van der Waals surface area (Å²) in [4.78, 5) is 22.3. The summed E-state index contributed by atoms with van der Waals surface area (Å²) in [5.74, 6) is -1.88. The van der Waals surface area contributed by atoms with Gasteiger partial charge in [-0.15, -0.1) is 0 Å². The zero-order chi connectivity index (χ0) is 16.2. The molecule has 0 aliphatic rings. The number of hydrogen-bond donors (Lipinski definition) is 2. The van der Waals surface area contributed by atoms with Gasteiger partial charge in [0.2, 0.25) is 15.9 Å². The molecule has 0 bridgehead atoms. The number of benzene rings is 1. The number of carboxylic acid groups (broad SMARTS) is 1. The van der Waals surface area contributed by atoms with E-state index >= 15 is 0 Å². The average molecular weight is 379 g/mol. The number of nitrogens with one attached hydrogen (secondary N) is 1. The number of aliphatic carboxylic acids is 1. The van der Waals surface area contributed by atoms with Crippen LogP contribution in [0.3, 0.4) is 0 Å². The molecule has 0 radical (unpaired) electrons. The first kappa shape index (κ1) is 17.6. The summed E-state index contributed by atoms with van der Waals surface area (Å²) in [6.07, 6.45) is 0. The maximum atomic E-state index is 12.2. The van der Waals surface area contributed by atoms with E-state index in [9.17, 15) is 18.0 Å². The number of sulfonamides is 1. The summed E-state index contributed by atoms with van der Waals surface area (Å²) in [7, 11) is -2.55. The van der Waals surface area contributed by atoms with Gasteiger partial charge in [0, 0.05) is 11.5 Å². The zero-order valence-electron chi connectivity index (χ0n) is 11.4. The summed E-state index contributed by atoms with van der Waals surface area (Å²) in [6, 6.07) is 4.89. The highest BCUT2D eigenvalue weighted by molar-refractivity contribution is 9.10. The van der Waals surface area contributed by atoms with Gasteiger partial charge in [0.15, 0.2) is 0 Å². The average Bonchev–Trinajstić information content (AvgIpc) is 2.38. The lowest BCUT2D eigenvalue weighted by atomic mass is 10.3. The van der Waals surface area contributed by atoms with E-state index in [4.69, 9.17) is 5.11 Å². The fourth-order valence-corrected chi connectivity index (χ4v) is 2.81. The number of nitrogens with zero attached hydrogens (tertiary/aromatic N) is 1. The number of amides is 1. The van der Waals surface area contributed by atoms with Gasteiger partial charge in [0.25, 0.3) is 0 Å². The van der Waals surface area contributed by atoms with Crippen LogP contribution >= 0.6 is 15.9 Å². The first-order valence-corrected chi connectivity index (χ1v) is 8.12. The number of rotatable bonds is 6. The van der Waals surface area contributed by atoms with Gasteiger partial charge in [-0.05, 0) is 31.2 Å². The summed E-state index contributed by atoms with van der Waals surface area (Å²) >= 11 is 3.20. The van der Waals surface area contributed by atoms with Gasteiger partial charge in [0.05, 0.1) is 11.4 Å². The van der Waals surface area contributed by atoms with E-state index in [1.165, 1.54) is 26.1 Å². The second-order valence-electron chi connectivity index (χ2n) is 4.34. The SMILES string of the molecule is C[C@@H](NC(=O)CN(C)S(=O)(=O)c1ccc(Br)cc1)C(=O)O. The first-order valence-electron chi connectivity index (χ1n) is 5.88. The maximum absolute atomic E-state index is 12.2. The number of likely N-dealkylation sites (N-methyl/N-ethyl adjacent to an activating group) is 1. The Balaban J connectivity index is 2.78. The number of halogens is 1. The molecule has 0 spiro atoms. The molecule has 7 nitrogen and oxygen atoms in total. The third-order valence-electron chi connectivity index (χ3n) is 2.64. The van der Waals surface area contributed by atoms with Crippen LogP contribution in [-0.4, -0.2) is 49.3 Å². The van der Waals surface area contributed by atoms with Gasteiger partial charge >= 0.3 is 5.97 Å². The van der Waals surface area contributed by atoms with E-state index in [2.05, 4.69) is 21.2 Å². The van der Waals surface area contributed by atoms with Gasteiger partial charge in [-0.2, -0.15) is 4.31 Å². The summed E-state index contributed by atoms with van der Waals surface area (Å²) in [5, 5.41) is 10.9. The molecule has 1 aromatic carbocycles. The van der Waals surface area contributed by atoms with E-state index in [0.717, 1.165) is 8.78 Å². The van der Waals surface area contributed by atoms with E-state index < -0.39 is 34.5 Å². The quantitative estimate of drug-likeness (QED) is 0.756. The van der Waals surface area contributed by atoms with Crippen LogP contribution in [0, 0.1) is 0 Å². The van der Waals surface area contributed by atoms with Crippen LogP contribution in [0.4, 0.5) is 0 Å². The van der Waals surface area contributed by atoms with Gasteiger partial charge in [-0.3, -0.25) is 9.59 Å². The number of hydrogen-bond acceptors (Lipinski definition) is 4. The van der Waals surface area contributed by atoms with Crippen molar-refractivity contribution in [3.8, 4) is 0 Å². The Hall–Kier alpha value is -1.45. The molecule has 116 valence electrons. The van der Waals surface area contributed by atoms with E-state index in [0.29, 0.717) is 0 Å². The Bertz CT molecular complexity index is 630. The van der Waals surface area contributed by atoms with Crippen LogP contribution in [0.5, 0.6) is 0 Å². The van der Waals surface area contributed by atoms with Crippen LogP contribution in [0.15, 0.2) is 33.6 Å². The fourth-order valence-electron chi connectivity index (χ4n) is 1.42. The Morgan fingerprint density at radius 1 is 1.33 bits per heavy atom.